The molecule has 1 nitrogen and oxygen atoms in total. The predicted molar refractivity (Wildman–Crippen MR) is 115 cm³/mol. The van der Waals surface area contributed by atoms with E-state index in [-0.39, 0.29) is 11.6 Å². The van der Waals surface area contributed by atoms with E-state index < -0.39 is 0 Å². The third-order valence-corrected chi connectivity index (χ3v) is 5.07. The highest BCUT2D eigenvalue weighted by atomic mass is 19.1. The Bertz CT molecular complexity index is 924. The maximum absolute atomic E-state index is 14.6. The standard InChI is InChI=1S/C26H27FO/c1-3-5-7-26(28)23-16-17-24(25(27)18-23)22-14-12-21(13-15-22)20-10-8-19(6-4-2)9-11-20/h8-18H,3-7H2,1-2H3. The molecule has 0 radical (unpaired) electrons. The van der Waals surface area contributed by atoms with E-state index in [0.29, 0.717) is 17.5 Å². The van der Waals surface area contributed by atoms with Gasteiger partial charge < -0.3 is 0 Å². The summed E-state index contributed by atoms with van der Waals surface area (Å²) in [7, 11) is 0. The third kappa shape index (κ3) is 4.75. The second kappa shape index (κ2) is 9.45. The lowest BCUT2D eigenvalue weighted by molar-refractivity contribution is 0.0979. The number of hydrogen-bond donors (Lipinski definition) is 0. The summed E-state index contributed by atoms with van der Waals surface area (Å²) in [6.45, 7) is 4.22. The van der Waals surface area contributed by atoms with Crippen LogP contribution in [-0.4, -0.2) is 5.78 Å². The molecule has 0 bridgehead atoms. The van der Waals surface area contributed by atoms with Crippen LogP contribution in [0.5, 0.6) is 0 Å². The Kier molecular flexibility index (Phi) is 6.76. The zero-order valence-corrected chi connectivity index (χ0v) is 16.7. The Morgan fingerprint density at radius 1 is 0.786 bits per heavy atom. The molecule has 0 heterocycles. The predicted octanol–water partition coefficient (Wildman–Crippen LogP) is 7.49. The second-order valence-corrected chi connectivity index (χ2v) is 7.25. The van der Waals surface area contributed by atoms with Crippen molar-refractivity contribution in [2.75, 3.05) is 0 Å². The Morgan fingerprint density at radius 3 is 1.96 bits per heavy atom. The molecule has 0 unspecified atom stereocenters. The minimum Gasteiger partial charge on any atom is -0.294 e. The monoisotopic (exact) mass is 374 g/mol. The van der Waals surface area contributed by atoms with E-state index >= 15 is 0 Å². The lowest BCUT2D eigenvalue weighted by atomic mass is 9.97. The molecule has 0 saturated heterocycles. The van der Waals surface area contributed by atoms with Gasteiger partial charge in [-0.25, -0.2) is 4.39 Å². The largest absolute Gasteiger partial charge is 0.294 e. The van der Waals surface area contributed by atoms with Gasteiger partial charge in [-0.05, 0) is 41.2 Å². The smallest absolute Gasteiger partial charge is 0.162 e. The molecule has 0 aliphatic carbocycles. The molecule has 2 heteroatoms. The highest BCUT2D eigenvalue weighted by molar-refractivity contribution is 5.96. The Hall–Kier alpha value is -2.74. The Labute approximate surface area is 167 Å². The van der Waals surface area contributed by atoms with Gasteiger partial charge in [0.05, 0.1) is 0 Å². The van der Waals surface area contributed by atoms with Crippen molar-refractivity contribution in [2.45, 2.75) is 46.0 Å². The molecule has 144 valence electrons. The number of hydrogen-bond acceptors (Lipinski definition) is 1. The van der Waals surface area contributed by atoms with Gasteiger partial charge in [0.15, 0.2) is 5.78 Å². The molecule has 0 saturated carbocycles. The molecule has 3 rings (SSSR count). The van der Waals surface area contributed by atoms with E-state index in [1.165, 1.54) is 11.6 Å². The molecule has 0 fully saturated rings. The molecule has 3 aromatic rings. The summed E-state index contributed by atoms with van der Waals surface area (Å²) >= 11 is 0. The number of carbonyl (C=O) groups excluding carboxylic acids is 1. The summed E-state index contributed by atoms with van der Waals surface area (Å²) < 4.78 is 14.6. The number of benzene rings is 3. The zero-order chi connectivity index (χ0) is 19.9. The first-order valence-corrected chi connectivity index (χ1v) is 10.1. The Morgan fingerprint density at radius 2 is 1.39 bits per heavy atom. The SMILES string of the molecule is CCCCC(=O)c1ccc(-c2ccc(-c3ccc(CCC)cc3)cc2)c(F)c1. The maximum Gasteiger partial charge on any atom is 0.162 e. The lowest BCUT2D eigenvalue weighted by Crippen LogP contribution is -2.00. The van der Waals surface area contributed by atoms with Crippen LogP contribution in [0, 0.1) is 5.82 Å². The van der Waals surface area contributed by atoms with Gasteiger partial charge in [-0.2, -0.15) is 0 Å². The number of carbonyl (C=O) groups is 1. The molecule has 28 heavy (non-hydrogen) atoms. The molecule has 0 aliphatic heterocycles. The van der Waals surface area contributed by atoms with Gasteiger partial charge in [-0.15, -0.1) is 0 Å². The van der Waals surface area contributed by atoms with Crippen molar-refractivity contribution in [1.82, 2.24) is 0 Å². The van der Waals surface area contributed by atoms with Gasteiger partial charge in [0, 0.05) is 17.5 Å². The van der Waals surface area contributed by atoms with Gasteiger partial charge in [-0.3, -0.25) is 4.79 Å². The van der Waals surface area contributed by atoms with E-state index in [9.17, 15) is 9.18 Å². The van der Waals surface area contributed by atoms with E-state index in [0.717, 1.165) is 42.4 Å². The van der Waals surface area contributed by atoms with Crippen molar-refractivity contribution >= 4 is 5.78 Å². The van der Waals surface area contributed by atoms with Crippen molar-refractivity contribution in [1.29, 1.82) is 0 Å². The van der Waals surface area contributed by atoms with Crippen molar-refractivity contribution in [2.24, 2.45) is 0 Å². The fraction of sp³-hybridized carbons (Fsp3) is 0.269. The molecule has 0 atom stereocenters. The van der Waals surface area contributed by atoms with Gasteiger partial charge in [0.25, 0.3) is 0 Å². The van der Waals surface area contributed by atoms with Crippen LogP contribution in [0.1, 0.15) is 55.5 Å². The quantitative estimate of drug-likeness (QED) is 0.373. The summed E-state index contributed by atoms with van der Waals surface area (Å²) in [6, 6.07) is 21.3. The van der Waals surface area contributed by atoms with Crippen LogP contribution in [0.25, 0.3) is 22.3 Å². The zero-order valence-electron chi connectivity index (χ0n) is 16.7. The maximum atomic E-state index is 14.6. The molecule has 3 aromatic carbocycles. The number of rotatable bonds is 8. The number of Topliss-reactive ketones (excluding diaryl/α,β-unsaturated/α-hetero) is 1. The van der Waals surface area contributed by atoms with Crippen LogP contribution in [0.4, 0.5) is 4.39 Å². The molecule has 0 spiro atoms. The molecule has 0 N–H and O–H groups in total. The number of ketones is 1. The summed E-state index contributed by atoms with van der Waals surface area (Å²) in [6.07, 6.45) is 4.50. The van der Waals surface area contributed by atoms with Crippen LogP contribution in [0.15, 0.2) is 66.7 Å². The fourth-order valence-corrected chi connectivity index (χ4v) is 3.40. The third-order valence-electron chi connectivity index (χ3n) is 5.07. The highest BCUT2D eigenvalue weighted by Gasteiger charge is 2.11. The summed E-state index contributed by atoms with van der Waals surface area (Å²) in [5.41, 5.74) is 5.41. The fourth-order valence-electron chi connectivity index (χ4n) is 3.40. The minimum absolute atomic E-state index is 0.00849. The average Bonchev–Trinajstić information content (AvgIpc) is 2.73. The van der Waals surface area contributed by atoms with Crippen LogP contribution in [-0.2, 0) is 6.42 Å². The average molecular weight is 374 g/mol. The van der Waals surface area contributed by atoms with Crippen LogP contribution < -0.4 is 0 Å². The topological polar surface area (TPSA) is 17.1 Å². The van der Waals surface area contributed by atoms with Crippen LogP contribution in [0.3, 0.4) is 0 Å². The summed E-state index contributed by atoms with van der Waals surface area (Å²) in [5.74, 6) is -0.340. The van der Waals surface area contributed by atoms with Crippen molar-refractivity contribution < 1.29 is 9.18 Å². The number of aryl methyl sites for hydroxylation is 1. The van der Waals surface area contributed by atoms with Crippen molar-refractivity contribution in [3.8, 4) is 22.3 Å². The molecule has 0 aromatic heterocycles. The summed E-state index contributed by atoms with van der Waals surface area (Å²) in [4.78, 5) is 12.1. The first-order chi connectivity index (χ1) is 13.6. The lowest BCUT2D eigenvalue weighted by Gasteiger charge is -2.08. The summed E-state index contributed by atoms with van der Waals surface area (Å²) in [5, 5.41) is 0. The second-order valence-electron chi connectivity index (χ2n) is 7.25. The highest BCUT2D eigenvalue weighted by Crippen LogP contribution is 2.28. The molecular formula is C26H27FO. The number of unbranched alkanes of at least 4 members (excludes halogenated alkanes) is 1. The first kappa shape index (κ1) is 20.0. The molecule has 0 amide bonds. The van der Waals surface area contributed by atoms with Gasteiger partial charge in [0.1, 0.15) is 5.82 Å². The normalized spacial score (nSPS) is 10.8. The van der Waals surface area contributed by atoms with Gasteiger partial charge in [0.2, 0.25) is 0 Å². The number of halogens is 1. The van der Waals surface area contributed by atoms with E-state index in [4.69, 9.17) is 0 Å². The van der Waals surface area contributed by atoms with Crippen LogP contribution >= 0.6 is 0 Å². The van der Waals surface area contributed by atoms with Crippen LogP contribution in [0.2, 0.25) is 0 Å². The molecular weight excluding hydrogens is 347 g/mol. The molecule has 0 aliphatic rings. The van der Waals surface area contributed by atoms with E-state index in [1.807, 2.05) is 31.2 Å². The van der Waals surface area contributed by atoms with E-state index in [1.54, 1.807) is 12.1 Å². The van der Waals surface area contributed by atoms with Crippen molar-refractivity contribution in [3.05, 3.63) is 83.7 Å². The van der Waals surface area contributed by atoms with Crippen molar-refractivity contribution in [3.63, 3.8) is 0 Å². The minimum atomic E-state index is -0.348. The van der Waals surface area contributed by atoms with Gasteiger partial charge >= 0.3 is 0 Å². The Balaban J connectivity index is 1.78. The first-order valence-electron chi connectivity index (χ1n) is 10.1. The van der Waals surface area contributed by atoms with Gasteiger partial charge in [-0.1, -0.05) is 87.4 Å². The van der Waals surface area contributed by atoms with E-state index in [2.05, 4.69) is 31.2 Å².